The second-order valence-corrected chi connectivity index (χ2v) is 5.32. The highest BCUT2D eigenvalue weighted by Gasteiger charge is 2.05. The van der Waals surface area contributed by atoms with Crippen LogP contribution in [0.3, 0.4) is 0 Å². The first-order chi connectivity index (χ1) is 10.3. The molecule has 1 aromatic carbocycles. The van der Waals surface area contributed by atoms with Gasteiger partial charge in [0.05, 0.1) is 6.20 Å². The molecule has 0 aliphatic rings. The molecule has 1 aromatic heterocycles. The Morgan fingerprint density at radius 2 is 2.00 bits per heavy atom. The van der Waals surface area contributed by atoms with Gasteiger partial charge >= 0.3 is 0 Å². The normalized spacial score (nSPS) is 12.1. The predicted octanol–water partition coefficient (Wildman–Crippen LogP) is 3.76. The molecule has 0 saturated carbocycles. The van der Waals surface area contributed by atoms with Gasteiger partial charge in [0.15, 0.2) is 0 Å². The Kier molecular flexibility index (Phi) is 6.22. The lowest BCUT2D eigenvalue weighted by molar-refractivity contribution is 0.305. The molecule has 112 valence electrons. The van der Waals surface area contributed by atoms with Crippen LogP contribution >= 0.6 is 0 Å². The average molecular weight is 284 g/mol. The summed E-state index contributed by atoms with van der Waals surface area (Å²) in [5.41, 5.74) is 2.54. The molecule has 21 heavy (non-hydrogen) atoms. The van der Waals surface area contributed by atoms with Gasteiger partial charge in [0.1, 0.15) is 12.4 Å². The maximum Gasteiger partial charge on any atom is 0.138 e. The number of nitrogens with one attached hydrogen (secondary N) is 1. The topological polar surface area (TPSA) is 34.1 Å². The maximum absolute atomic E-state index is 5.70. The highest BCUT2D eigenvalue weighted by Crippen LogP contribution is 2.16. The van der Waals surface area contributed by atoms with Crippen LogP contribution in [0.2, 0.25) is 0 Å². The van der Waals surface area contributed by atoms with Crippen molar-refractivity contribution in [1.82, 2.24) is 10.3 Å². The lowest BCUT2D eigenvalue weighted by atomic mass is 10.00. The summed E-state index contributed by atoms with van der Waals surface area (Å²) in [6.45, 7) is 7.13. The fourth-order valence-electron chi connectivity index (χ4n) is 2.15. The molecule has 2 rings (SSSR count). The number of aromatic nitrogens is 1. The third kappa shape index (κ3) is 5.20. The fraction of sp³-hybridized carbons (Fsp3) is 0.389. The van der Waals surface area contributed by atoms with Crippen LogP contribution < -0.4 is 10.1 Å². The van der Waals surface area contributed by atoms with Gasteiger partial charge in [-0.25, -0.2) is 0 Å². The Morgan fingerprint density at radius 3 is 2.67 bits per heavy atom. The Balaban J connectivity index is 1.84. The van der Waals surface area contributed by atoms with Crippen molar-refractivity contribution in [3.05, 3.63) is 59.9 Å². The van der Waals surface area contributed by atoms with Crippen LogP contribution in [0, 0.1) is 0 Å². The minimum absolute atomic E-state index is 0.532. The molecular formula is C18H24N2O. The van der Waals surface area contributed by atoms with Gasteiger partial charge in [-0.05, 0) is 42.1 Å². The van der Waals surface area contributed by atoms with Gasteiger partial charge in [0, 0.05) is 12.7 Å². The number of rotatable bonds is 8. The number of hydrogen-bond donors (Lipinski definition) is 1. The summed E-state index contributed by atoms with van der Waals surface area (Å²) in [6.07, 6.45) is 4.66. The second-order valence-electron chi connectivity index (χ2n) is 5.32. The number of benzene rings is 1. The molecule has 0 amide bonds. The Hall–Kier alpha value is -1.87. The molecule has 0 saturated heterocycles. The van der Waals surface area contributed by atoms with E-state index in [1.54, 1.807) is 12.4 Å². The first-order valence-corrected chi connectivity index (χ1v) is 7.62. The molecular weight excluding hydrogens is 260 g/mol. The third-order valence-electron chi connectivity index (χ3n) is 3.47. The lowest BCUT2D eigenvalue weighted by Gasteiger charge is -2.13. The second kappa shape index (κ2) is 8.42. The van der Waals surface area contributed by atoms with Gasteiger partial charge < -0.3 is 10.1 Å². The smallest absolute Gasteiger partial charge is 0.138 e. The van der Waals surface area contributed by atoms with Gasteiger partial charge in [-0.3, -0.25) is 4.98 Å². The average Bonchev–Trinajstić information content (AvgIpc) is 2.54. The van der Waals surface area contributed by atoms with Crippen molar-refractivity contribution < 1.29 is 4.74 Å². The van der Waals surface area contributed by atoms with Crippen molar-refractivity contribution in [3.63, 3.8) is 0 Å². The summed E-state index contributed by atoms with van der Waals surface area (Å²) >= 11 is 0. The monoisotopic (exact) mass is 284 g/mol. The van der Waals surface area contributed by atoms with Crippen LogP contribution in [-0.4, -0.2) is 18.1 Å². The molecule has 0 bridgehead atoms. The summed E-state index contributed by atoms with van der Waals surface area (Å²) < 4.78 is 5.70. The van der Waals surface area contributed by atoms with Crippen molar-refractivity contribution in [3.8, 4) is 5.75 Å². The summed E-state index contributed by atoms with van der Waals surface area (Å²) in [5.74, 6) is 1.34. The van der Waals surface area contributed by atoms with Crippen LogP contribution in [0.15, 0.2) is 48.8 Å². The van der Waals surface area contributed by atoms with Crippen molar-refractivity contribution in [2.45, 2.75) is 32.8 Å². The summed E-state index contributed by atoms with van der Waals surface area (Å²) in [4.78, 5) is 4.04. The SMILES string of the molecule is CCCNCC(C)c1ccc(COc2cccnc2)cc1. The number of hydrogen-bond acceptors (Lipinski definition) is 3. The van der Waals surface area contributed by atoms with Crippen molar-refractivity contribution in [2.75, 3.05) is 13.1 Å². The van der Waals surface area contributed by atoms with Crippen LogP contribution in [0.25, 0.3) is 0 Å². The molecule has 1 N–H and O–H groups in total. The van der Waals surface area contributed by atoms with E-state index in [4.69, 9.17) is 4.74 Å². The molecule has 3 nitrogen and oxygen atoms in total. The quantitative estimate of drug-likeness (QED) is 0.749. The molecule has 0 radical (unpaired) electrons. The van der Waals surface area contributed by atoms with Crippen molar-refractivity contribution in [2.24, 2.45) is 0 Å². The van der Waals surface area contributed by atoms with E-state index >= 15 is 0 Å². The molecule has 0 fully saturated rings. The largest absolute Gasteiger partial charge is 0.487 e. The van der Waals surface area contributed by atoms with E-state index in [-0.39, 0.29) is 0 Å². The summed E-state index contributed by atoms with van der Waals surface area (Å²) in [7, 11) is 0. The van der Waals surface area contributed by atoms with E-state index in [1.807, 2.05) is 12.1 Å². The summed E-state index contributed by atoms with van der Waals surface area (Å²) in [6, 6.07) is 12.5. The molecule has 1 heterocycles. The van der Waals surface area contributed by atoms with E-state index in [9.17, 15) is 0 Å². The first kappa shape index (κ1) is 15.5. The standard InChI is InChI=1S/C18H24N2O/c1-3-10-19-12-15(2)17-8-6-16(7-9-17)14-21-18-5-4-11-20-13-18/h4-9,11,13,15,19H,3,10,12,14H2,1-2H3. The summed E-state index contributed by atoms with van der Waals surface area (Å²) in [5, 5.41) is 3.46. The molecule has 0 aliphatic carbocycles. The van der Waals surface area contributed by atoms with Gasteiger partial charge in [0.2, 0.25) is 0 Å². The zero-order valence-corrected chi connectivity index (χ0v) is 12.9. The van der Waals surface area contributed by atoms with E-state index < -0.39 is 0 Å². The Labute approximate surface area is 127 Å². The minimum Gasteiger partial charge on any atom is -0.487 e. The molecule has 0 spiro atoms. The lowest BCUT2D eigenvalue weighted by Crippen LogP contribution is -2.20. The third-order valence-corrected chi connectivity index (χ3v) is 3.47. The number of ether oxygens (including phenoxy) is 1. The van der Waals surface area contributed by atoms with E-state index in [1.165, 1.54) is 17.5 Å². The number of nitrogens with zero attached hydrogens (tertiary/aromatic N) is 1. The predicted molar refractivity (Wildman–Crippen MR) is 86.6 cm³/mol. The molecule has 0 aliphatic heterocycles. The van der Waals surface area contributed by atoms with E-state index in [0.717, 1.165) is 18.8 Å². The Bertz CT molecular complexity index is 511. The minimum atomic E-state index is 0.532. The Morgan fingerprint density at radius 1 is 1.19 bits per heavy atom. The zero-order valence-electron chi connectivity index (χ0n) is 12.9. The highest BCUT2D eigenvalue weighted by atomic mass is 16.5. The number of pyridine rings is 1. The maximum atomic E-state index is 5.70. The van der Waals surface area contributed by atoms with Crippen LogP contribution in [-0.2, 0) is 6.61 Å². The molecule has 3 heteroatoms. The van der Waals surface area contributed by atoms with Gasteiger partial charge in [-0.1, -0.05) is 38.1 Å². The van der Waals surface area contributed by atoms with E-state index in [0.29, 0.717) is 12.5 Å². The highest BCUT2D eigenvalue weighted by molar-refractivity contribution is 5.25. The molecule has 1 atom stereocenters. The van der Waals surface area contributed by atoms with Crippen LogP contribution in [0.1, 0.15) is 37.3 Å². The van der Waals surface area contributed by atoms with Gasteiger partial charge in [-0.15, -0.1) is 0 Å². The van der Waals surface area contributed by atoms with E-state index in [2.05, 4.69) is 48.4 Å². The van der Waals surface area contributed by atoms with Gasteiger partial charge in [-0.2, -0.15) is 0 Å². The fourth-order valence-corrected chi connectivity index (χ4v) is 2.15. The molecule has 2 aromatic rings. The van der Waals surface area contributed by atoms with Crippen LogP contribution in [0.4, 0.5) is 0 Å². The van der Waals surface area contributed by atoms with Gasteiger partial charge in [0.25, 0.3) is 0 Å². The van der Waals surface area contributed by atoms with Crippen molar-refractivity contribution in [1.29, 1.82) is 0 Å². The van der Waals surface area contributed by atoms with Crippen molar-refractivity contribution >= 4 is 0 Å². The zero-order chi connectivity index (χ0) is 14.9. The van der Waals surface area contributed by atoms with Crippen LogP contribution in [0.5, 0.6) is 5.75 Å². The first-order valence-electron chi connectivity index (χ1n) is 7.62. The molecule has 1 unspecified atom stereocenters.